The Kier molecular flexibility index (Phi) is 4.49. The van der Waals surface area contributed by atoms with Crippen molar-refractivity contribution in [1.82, 2.24) is 4.98 Å². The lowest BCUT2D eigenvalue weighted by Crippen LogP contribution is -2.29. The monoisotopic (exact) mass is 370 g/mol. The van der Waals surface area contributed by atoms with E-state index in [1.165, 1.54) is 11.1 Å². The van der Waals surface area contributed by atoms with Gasteiger partial charge in [-0.15, -0.1) is 0 Å². The van der Waals surface area contributed by atoms with Crippen molar-refractivity contribution in [3.8, 4) is 0 Å². The second kappa shape index (κ2) is 7.12. The van der Waals surface area contributed by atoms with Gasteiger partial charge in [0.05, 0.1) is 11.6 Å². The minimum Gasteiger partial charge on any atom is -0.505 e. The molecule has 4 rings (SSSR count). The minimum absolute atomic E-state index is 0.0383. The van der Waals surface area contributed by atoms with Gasteiger partial charge >= 0.3 is 0 Å². The third kappa shape index (κ3) is 2.97. The number of nitrogens with zero attached hydrogens (tertiary/aromatic N) is 2. The number of aromatic nitrogens is 1. The van der Waals surface area contributed by atoms with E-state index in [0.29, 0.717) is 5.69 Å². The van der Waals surface area contributed by atoms with Crippen LogP contribution in [-0.2, 0) is 9.59 Å². The number of Topliss-reactive ketones (excluding diaryl/α,β-unsaturated/α-hetero) is 1. The van der Waals surface area contributed by atoms with Crippen molar-refractivity contribution >= 4 is 23.1 Å². The molecule has 5 heteroatoms. The Bertz CT molecular complexity index is 1060. The summed E-state index contributed by atoms with van der Waals surface area (Å²) in [4.78, 5) is 31.4. The lowest BCUT2D eigenvalue weighted by Gasteiger charge is -2.25. The van der Waals surface area contributed by atoms with Gasteiger partial charge < -0.3 is 5.11 Å². The van der Waals surface area contributed by atoms with Gasteiger partial charge in [-0.1, -0.05) is 54.1 Å². The zero-order valence-electron chi connectivity index (χ0n) is 15.2. The van der Waals surface area contributed by atoms with Crippen molar-refractivity contribution in [3.05, 3.63) is 101 Å². The number of rotatable bonds is 3. The molecule has 1 aliphatic rings. The fraction of sp³-hybridized carbons (Fsp3) is 0.0870. The van der Waals surface area contributed by atoms with Crippen molar-refractivity contribution in [2.45, 2.75) is 13.0 Å². The van der Waals surface area contributed by atoms with E-state index in [9.17, 15) is 14.7 Å². The van der Waals surface area contributed by atoms with Crippen molar-refractivity contribution < 1.29 is 14.7 Å². The van der Waals surface area contributed by atoms with Crippen LogP contribution in [0.2, 0.25) is 0 Å². The maximum absolute atomic E-state index is 12.9. The molecular weight excluding hydrogens is 352 g/mol. The summed E-state index contributed by atoms with van der Waals surface area (Å²) in [6, 6.07) is 20.9. The Morgan fingerprint density at radius 1 is 0.929 bits per heavy atom. The second-order valence-electron chi connectivity index (χ2n) is 6.63. The Labute approximate surface area is 162 Å². The summed E-state index contributed by atoms with van der Waals surface area (Å²) in [5.74, 6) is -1.67. The van der Waals surface area contributed by atoms with Gasteiger partial charge in [-0.2, -0.15) is 0 Å². The molecule has 1 N–H and O–H groups in total. The quantitative estimate of drug-likeness (QED) is 0.429. The summed E-state index contributed by atoms with van der Waals surface area (Å²) >= 11 is 0. The van der Waals surface area contributed by atoms with Gasteiger partial charge in [0.25, 0.3) is 11.7 Å². The molecule has 3 aromatic rings. The first kappa shape index (κ1) is 17.7. The van der Waals surface area contributed by atoms with E-state index in [0.717, 1.165) is 11.1 Å². The van der Waals surface area contributed by atoms with Crippen LogP contribution in [0.25, 0.3) is 5.76 Å². The lowest BCUT2D eigenvalue weighted by molar-refractivity contribution is -0.132. The van der Waals surface area contributed by atoms with E-state index >= 15 is 0 Å². The summed E-state index contributed by atoms with van der Waals surface area (Å²) in [5, 5.41) is 10.9. The molecule has 28 heavy (non-hydrogen) atoms. The third-order valence-electron chi connectivity index (χ3n) is 4.78. The first-order valence-electron chi connectivity index (χ1n) is 8.92. The number of amides is 1. The van der Waals surface area contributed by atoms with Crippen molar-refractivity contribution in [1.29, 1.82) is 0 Å². The van der Waals surface area contributed by atoms with Crippen LogP contribution >= 0.6 is 0 Å². The van der Waals surface area contributed by atoms with Gasteiger partial charge in [-0.25, -0.2) is 0 Å². The molecular formula is C23H18N2O3. The first-order chi connectivity index (χ1) is 13.6. The normalized spacial score (nSPS) is 18.5. The summed E-state index contributed by atoms with van der Waals surface area (Å²) in [7, 11) is 0. The van der Waals surface area contributed by atoms with Crippen LogP contribution in [0.5, 0.6) is 0 Å². The van der Waals surface area contributed by atoms with Crippen LogP contribution in [0.3, 0.4) is 0 Å². The average molecular weight is 370 g/mol. The summed E-state index contributed by atoms with van der Waals surface area (Å²) in [6.07, 6.45) is 1.53. The molecule has 0 radical (unpaired) electrons. The van der Waals surface area contributed by atoms with E-state index < -0.39 is 17.7 Å². The number of aryl methyl sites for hydroxylation is 1. The van der Waals surface area contributed by atoms with Crippen molar-refractivity contribution in [2.75, 3.05) is 4.90 Å². The fourth-order valence-corrected chi connectivity index (χ4v) is 3.39. The molecule has 1 aromatic heterocycles. The molecule has 1 unspecified atom stereocenters. The molecule has 1 atom stereocenters. The third-order valence-corrected chi connectivity index (χ3v) is 4.78. The van der Waals surface area contributed by atoms with Gasteiger partial charge in [-0.05, 0) is 36.8 Å². The predicted molar refractivity (Wildman–Crippen MR) is 107 cm³/mol. The number of hydrogen-bond donors (Lipinski definition) is 1. The van der Waals surface area contributed by atoms with Crippen LogP contribution in [0.4, 0.5) is 5.69 Å². The largest absolute Gasteiger partial charge is 0.505 e. The summed E-state index contributed by atoms with van der Waals surface area (Å²) in [5.41, 5.74) is 2.69. The molecule has 1 aliphatic heterocycles. The number of aliphatic hydroxyl groups excluding tert-OH is 1. The van der Waals surface area contributed by atoms with Crippen LogP contribution in [0, 0.1) is 6.92 Å². The SMILES string of the molecule is Cc1ccc(C2/C(=C(/O)c3ccccn3)C(=O)C(=O)N2c2ccccc2)cc1. The lowest BCUT2D eigenvalue weighted by atomic mass is 9.95. The molecule has 0 spiro atoms. The Morgan fingerprint density at radius 2 is 1.61 bits per heavy atom. The highest BCUT2D eigenvalue weighted by Gasteiger charge is 2.47. The molecule has 0 bridgehead atoms. The van der Waals surface area contributed by atoms with Crippen LogP contribution in [-0.4, -0.2) is 21.8 Å². The van der Waals surface area contributed by atoms with Gasteiger partial charge in [0, 0.05) is 11.9 Å². The van der Waals surface area contributed by atoms with Crippen molar-refractivity contribution in [2.24, 2.45) is 0 Å². The number of para-hydroxylation sites is 1. The number of hydrogen-bond acceptors (Lipinski definition) is 4. The van der Waals surface area contributed by atoms with E-state index in [2.05, 4.69) is 4.98 Å². The zero-order valence-corrected chi connectivity index (χ0v) is 15.2. The Hall–Kier alpha value is -3.73. The number of ketones is 1. The van der Waals surface area contributed by atoms with E-state index in [1.807, 2.05) is 37.3 Å². The highest BCUT2D eigenvalue weighted by Crippen LogP contribution is 2.41. The number of benzene rings is 2. The van der Waals surface area contributed by atoms with Crippen molar-refractivity contribution in [3.63, 3.8) is 0 Å². The minimum atomic E-state index is -0.731. The number of aliphatic hydroxyl groups is 1. The fourth-order valence-electron chi connectivity index (χ4n) is 3.39. The van der Waals surface area contributed by atoms with Crippen LogP contribution < -0.4 is 4.90 Å². The smallest absolute Gasteiger partial charge is 0.300 e. The van der Waals surface area contributed by atoms with Gasteiger partial charge in [0.15, 0.2) is 5.76 Å². The van der Waals surface area contributed by atoms with Gasteiger partial charge in [0.2, 0.25) is 0 Å². The van der Waals surface area contributed by atoms with Gasteiger partial charge in [-0.3, -0.25) is 19.5 Å². The maximum Gasteiger partial charge on any atom is 0.300 e. The highest BCUT2D eigenvalue weighted by atomic mass is 16.3. The highest BCUT2D eigenvalue weighted by molar-refractivity contribution is 6.51. The standard InChI is InChI=1S/C23H18N2O3/c1-15-10-12-16(13-11-15)20-19(21(26)18-9-5-6-14-24-18)22(27)23(28)25(20)17-7-3-2-4-8-17/h2-14,20,26H,1H3/b21-19-. The number of carbonyl (C=O) groups excluding carboxylic acids is 2. The molecule has 0 saturated carbocycles. The van der Waals surface area contributed by atoms with Crippen LogP contribution in [0.1, 0.15) is 22.9 Å². The molecule has 2 heterocycles. The van der Waals surface area contributed by atoms with Gasteiger partial charge in [0.1, 0.15) is 5.69 Å². The topological polar surface area (TPSA) is 70.5 Å². The molecule has 1 saturated heterocycles. The average Bonchev–Trinajstić information content (AvgIpc) is 3.00. The Balaban J connectivity index is 1.95. The zero-order chi connectivity index (χ0) is 19.7. The number of carbonyl (C=O) groups is 2. The Morgan fingerprint density at radius 3 is 2.25 bits per heavy atom. The maximum atomic E-state index is 12.9. The molecule has 0 aliphatic carbocycles. The predicted octanol–water partition coefficient (Wildman–Crippen LogP) is 4.02. The first-order valence-corrected chi connectivity index (χ1v) is 8.92. The molecule has 2 aromatic carbocycles. The second-order valence-corrected chi connectivity index (χ2v) is 6.63. The van der Waals surface area contributed by atoms with E-state index in [1.54, 1.807) is 42.5 Å². The molecule has 138 valence electrons. The number of anilines is 1. The number of pyridine rings is 1. The summed E-state index contributed by atoms with van der Waals surface area (Å²) in [6.45, 7) is 1.96. The molecule has 5 nitrogen and oxygen atoms in total. The van der Waals surface area contributed by atoms with E-state index in [4.69, 9.17) is 0 Å². The van der Waals surface area contributed by atoms with E-state index in [-0.39, 0.29) is 17.0 Å². The molecule has 1 amide bonds. The summed E-state index contributed by atoms with van der Waals surface area (Å²) < 4.78 is 0. The molecule has 1 fully saturated rings. The van der Waals surface area contributed by atoms with Crippen LogP contribution in [0.15, 0.2) is 84.6 Å².